The van der Waals surface area contributed by atoms with E-state index in [1.54, 1.807) is 11.3 Å². The van der Waals surface area contributed by atoms with Crippen LogP contribution in [0.3, 0.4) is 0 Å². The van der Waals surface area contributed by atoms with Gasteiger partial charge in [0.1, 0.15) is 0 Å². The molecule has 1 aromatic rings. The van der Waals surface area contributed by atoms with Crippen LogP contribution in [0.1, 0.15) is 17.7 Å². The SMILES string of the molecule is OC1CCCN(Cc2sccc2Br)C1. The molecule has 1 aromatic heterocycles. The first-order valence-corrected chi connectivity index (χ1v) is 6.55. The normalized spacial score (nSPS) is 24.0. The molecule has 1 unspecified atom stereocenters. The van der Waals surface area contributed by atoms with Gasteiger partial charge in [0.05, 0.1) is 6.10 Å². The minimum absolute atomic E-state index is 0.123. The number of hydrogen-bond acceptors (Lipinski definition) is 3. The van der Waals surface area contributed by atoms with E-state index in [2.05, 4.69) is 32.3 Å². The Balaban J connectivity index is 1.94. The molecule has 0 bridgehead atoms. The van der Waals surface area contributed by atoms with Crippen molar-refractivity contribution in [2.75, 3.05) is 13.1 Å². The van der Waals surface area contributed by atoms with Gasteiger partial charge >= 0.3 is 0 Å². The summed E-state index contributed by atoms with van der Waals surface area (Å²) in [7, 11) is 0. The fourth-order valence-electron chi connectivity index (χ4n) is 1.82. The molecule has 0 aliphatic carbocycles. The number of thiophene rings is 1. The van der Waals surface area contributed by atoms with Gasteiger partial charge in [-0.1, -0.05) is 0 Å². The third-order valence-electron chi connectivity index (χ3n) is 2.54. The summed E-state index contributed by atoms with van der Waals surface area (Å²) in [4.78, 5) is 3.68. The van der Waals surface area contributed by atoms with E-state index in [9.17, 15) is 5.11 Å². The lowest BCUT2D eigenvalue weighted by Gasteiger charge is -2.29. The highest BCUT2D eigenvalue weighted by molar-refractivity contribution is 9.10. The number of aliphatic hydroxyl groups excluding tert-OH is 1. The molecule has 0 saturated carbocycles. The standard InChI is InChI=1S/C10H14BrNOS/c11-9-3-5-14-10(9)7-12-4-1-2-8(13)6-12/h3,5,8,13H,1-2,4,6-7H2. The summed E-state index contributed by atoms with van der Waals surface area (Å²) in [6.07, 6.45) is 1.95. The maximum atomic E-state index is 9.53. The van der Waals surface area contributed by atoms with Crippen molar-refractivity contribution in [3.05, 3.63) is 20.8 Å². The third kappa shape index (κ3) is 2.57. The first-order valence-electron chi connectivity index (χ1n) is 4.88. The van der Waals surface area contributed by atoms with E-state index in [4.69, 9.17) is 0 Å². The summed E-state index contributed by atoms with van der Waals surface area (Å²) in [5.74, 6) is 0. The summed E-state index contributed by atoms with van der Waals surface area (Å²) in [5, 5.41) is 11.6. The summed E-state index contributed by atoms with van der Waals surface area (Å²) >= 11 is 5.30. The minimum Gasteiger partial charge on any atom is -0.392 e. The van der Waals surface area contributed by atoms with Crippen LogP contribution in [0.4, 0.5) is 0 Å². The molecule has 0 spiro atoms. The van der Waals surface area contributed by atoms with Gasteiger partial charge in [-0.25, -0.2) is 0 Å². The molecule has 0 amide bonds. The fraction of sp³-hybridized carbons (Fsp3) is 0.600. The van der Waals surface area contributed by atoms with Crippen molar-refractivity contribution in [1.82, 2.24) is 4.90 Å². The summed E-state index contributed by atoms with van der Waals surface area (Å²) in [6.45, 7) is 2.90. The van der Waals surface area contributed by atoms with Crippen LogP contribution in [-0.4, -0.2) is 29.2 Å². The molecule has 1 atom stereocenters. The molecule has 0 aromatic carbocycles. The lowest BCUT2D eigenvalue weighted by atomic mass is 10.1. The fourth-order valence-corrected chi connectivity index (χ4v) is 3.33. The number of halogens is 1. The second-order valence-electron chi connectivity index (χ2n) is 3.72. The maximum Gasteiger partial charge on any atom is 0.0667 e. The van der Waals surface area contributed by atoms with Gasteiger partial charge in [-0.2, -0.15) is 0 Å². The molecule has 2 rings (SSSR count). The predicted octanol–water partition coefficient (Wildman–Crippen LogP) is 2.47. The third-order valence-corrected chi connectivity index (χ3v) is 4.45. The molecule has 2 heterocycles. The van der Waals surface area contributed by atoms with Crippen LogP contribution in [0.25, 0.3) is 0 Å². The van der Waals surface area contributed by atoms with Gasteiger partial charge in [-0.05, 0) is 46.8 Å². The van der Waals surface area contributed by atoms with Crippen molar-refractivity contribution in [3.8, 4) is 0 Å². The Morgan fingerprint density at radius 2 is 2.50 bits per heavy atom. The molecule has 1 N–H and O–H groups in total. The van der Waals surface area contributed by atoms with E-state index < -0.39 is 0 Å². The van der Waals surface area contributed by atoms with Crippen molar-refractivity contribution in [1.29, 1.82) is 0 Å². The van der Waals surface area contributed by atoms with E-state index in [1.165, 1.54) is 9.35 Å². The lowest BCUT2D eigenvalue weighted by Crippen LogP contribution is -2.37. The summed E-state index contributed by atoms with van der Waals surface area (Å²) < 4.78 is 1.20. The zero-order valence-electron chi connectivity index (χ0n) is 7.95. The Morgan fingerprint density at radius 1 is 1.64 bits per heavy atom. The molecule has 4 heteroatoms. The Labute approximate surface area is 96.7 Å². The topological polar surface area (TPSA) is 23.5 Å². The summed E-state index contributed by atoms with van der Waals surface area (Å²) in [6, 6.07) is 2.08. The average Bonchev–Trinajstić information content (AvgIpc) is 2.52. The van der Waals surface area contributed by atoms with Crippen LogP contribution in [0.2, 0.25) is 0 Å². The molecule has 2 nitrogen and oxygen atoms in total. The molecular formula is C10H14BrNOS. The zero-order chi connectivity index (χ0) is 9.97. The highest BCUT2D eigenvalue weighted by Crippen LogP contribution is 2.25. The lowest BCUT2D eigenvalue weighted by molar-refractivity contribution is 0.0673. The maximum absolute atomic E-state index is 9.53. The first kappa shape index (κ1) is 10.6. The van der Waals surface area contributed by atoms with Crippen molar-refractivity contribution in [3.63, 3.8) is 0 Å². The monoisotopic (exact) mass is 275 g/mol. The van der Waals surface area contributed by atoms with E-state index in [0.29, 0.717) is 0 Å². The van der Waals surface area contributed by atoms with Crippen molar-refractivity contribution in [2.45, 2.75) is 25.5 Å². The number of piperidine rings is 1. The number of aliphatic hydroxyl groups is 1. The number of likely N-dealkylation sites (tertiary alicyclic amines) is 1. The van der Waals surface area contributed by atoms with Crippen LogP contribution < -0.4 is 0 Å². The molecule has 78 valence electrons. The van der Waals surface area contributed by atoms with Gasteiger partial charge in [0.2, 0.25) is 0 Å². The number of β-amino-alcohol motifs (C(OH)–C–C–N with tert-alkyl or cyclic N) is 1. The Hall–Kier alpha value is 0.100. The largest absolute Gasteiger partial charge is 0.392 e. The molecule has 1 aliphatic heterocycles. The van der Waals surface area contributed by atoms with E-state index in [1.807, 2.05) is 0 Å². The molecular weight excluding hydrogens is 262 g/mol. The Bertz CT molecular complexity index is 302. The van der Waals surface area contributed by atoms with Crippen LogP contribution in [-0.2, 0) is 6.54 Å². The number of nitrogens with zero attached hydrogens (tertiary/aromatic N) is 1. The highest BCUT2D eigenvalue weighted by Gasteiger charge is 2.18. The van der Waals surface area contributed by atoms with Gasteiger partial charge in [0, 0.05) is 22.4 Å². The van der Waals surface area contributed by atoms with Crippen LogP contribution >= 0.6 is 27.3 Å². The van der Waals surface area contributed by atoms with Crippen LogP contribution in [0.5, 0.6) is 0 Å². The van der Waals surface area contributed by atoms with E-state index in [0.717, 1.165) is 32.5 Å². The van der Waals surface area contributed by atoms with Gasteiger partial charge < -0.3 is 5.11 Å². The second kappa shape index (κ2) is 4.75. The molecule has 1 aliphatic rings. The number of rotatable bonds is 2. The summed E-state index contributed by atoms with van der Waals surface area (Å²) in [5.41, 5.74) is 0. The van der Waals surface area contributed by atoms with E-state index in [-0.39, 0.29) is 6.10 Å². The van der Waals surface area contributed by atoms with Gasteiger partial charge in [-0.3, -0.25) is 4.90 Å². The predicted molar refractivity (Wildman–Crippen MR) is 62.5 cm³/mol. The molecule has 1 fully saturated rings. The smallest absolute Gasteiger partial charge is 0.0667 e. The van der Waals surface area contributed by atoms with Crippen molar-refractivity contribution in [2.24, 2.45) is 0 Å². The van der Waals surface area contributed by atoms with Crippen LogP contribution in [0.15, 0.2) is 15.9 Å². The Kier molecular flexibility index (Phi) is 3.60. The van der Waals surface area contributed by atoms with Gasteiger partial charge in [-0.15, -0.1) is 11.3 Å². The zero-order valence-corrected chi connectivity index (χ0v) is 10.4. The van der Waals surface area contributed by atoms with Gasteiger partial charge in [0.15, 0.2) is 0 Å². The molecule has 0 radical (unpaired) electrons. The van der Waals surface area contributed by atoms with Crippen LogP contribution in [0, 0.1) is 0 Å². The second-order valence-corrected chi connectivity index (χ2v) is 5.58. The average molecular weight is 276 g/mol. The van der Waals surface area contributed by atoms with Gasteiger partial charge in [0.25, 0.3) is 0 Å². The highest BCUT2D eigenvalue weighted by atomic mass is 79.9. The van der Waals surface area contributed by atoms with E-state index >= 15 is 0 Å². The Morgan fingerprint density at radius 3 is 3.14 bits per heavy atom. The van der Waals surface area contributed by atoms with Crippen molar-refractivity contribution < 1.29 is 5.11 Å². The quantitative estimate of drug-likeness (QED) is 0.897. The number of hydrogen-bond donors (Lipinski definition) is 1. The first-order chi connectivity index (χ1) is 6.75. The molecule has 14 heavy (non-hydrogen) atoms. The minimum atomic E-state index is -0.123. The van der Waals surface area contributed by atoms with Crippen molar-refractivity contribution >= 4 is 27.3 Å². The molecule has 1 saturated heterocycles.